The third-order valence-electron chi connectivity index (χ3n) is 3.60. The second kappa shape index (κ2) is 4.28. The fourth-order valence-corrected chi connectivity index (χ4v) is 2.82. The Morgan fingerprint density at radius 1 is 1.38 bits per heavy atom. The third-order valence-corrected chi connectivity index (χ3v) is 3.60. The Kier molecular flexibility index (Phi) is 2.99. The van der Waals surface area contributed by atoms with E-state index in [1.807, 2.05) is 6.07 Å². The van der Waals surface area contributed by atoms with E-state index in [0.29, 0.717) is 11.8 Å². The number of benzene rings is 1. The molecule has 0 saturated heterocycles. The van der Waals surface area contributed by atoms with Gasteiger partial charge in [0.2, 0.25) is 0 Å². The predicted octanol–water partition coefficient (Wildman–Crippen LogP) is 3.39. The number of carboxylic acid groups (broad SMARTS) is 1. The molecule has 2 heteroatoms. The molecule has 0 saturated carbocycles. The molecule has 0 radical (unpaired) electrons. The molecule has 1 aromatic rings. The summed E-state index contributed by atoms with van der Waals surface area (Å²) >= 11 is 0. The molecule has 0 aromatic heterocycles. The van der Waals surface area contributed by atoms with Gasteiger partial charge in [-0.25, -0.2) is 0 Å². The topological polar surface area (TPSA) is 37.3 Å². The maximum atomic E-state index is 10.8. The highest BCUT2D eigenvalue weighted by Crippen LogP contribution is 2.46. The average molecular weight is 218 g/mol. The van der Waals surface area contributed by atoms with Gasteiger partial charge in [-0.3, -0.25) is 4.79 Å². The van der Waals surface area contributed by atoms with Crippen molar-refractivity contribution in [2.24, 2.45) is 5.92 Å². The zero-order chi connectivity index (χ0) is 11.7. The molecule has 16 heavy (non-hydrogen) atoms. The molecule has 2 atom stereocenters. The Hall–Kier alpha value is -1.31. The van der Waals surface area contributed by atoms with Crippen LogP contribution < -0.4 is 0 Å². The van der Waals surface area contributed by atoms with Crippen LogP contribution in [0.1, 0.15) is 49.7 Å². The number of carboxylic acids is 1. The molecule has 0 amide bonds. The quantitative estimate of drug-likeness (QED) is 0.844. The van der Waals surface area contributed by atoms with E-state index in [0.717, 1.165) is 6.42 Å². The minimum Gasteiger partial charge on any atom is -0.481 e. The molecule has 86 valence electrons. The molecule has 0 spiro atoms. The van der Waals surface area contributed by atoms with Crippen molar-refractivity contribution in [1.29, 1.82) is 0 Å². The monoisotopic (exact) mass is 218 g/mol. The van der Waals surface area contributed by atoms with Crippen molar-refractivity contribution < 1.29 is 9.90 Å². The van der Waals surface area contributed by atoms with E-state index in [9.17, 15) is 4.79 Å². The van der Waals surface area contributed by atoms with Gasteiger partial charge in [-0.2, -0.15) is 0 Å². The van der Waals surface area contributed by atoms with Crippen molar-refractivity contribution in [2.45, 2.75) is 38.5 Å². The van der Waals surface area contributed by atoms with E-state index in [4.69, 9.17) is 5.11 Å². The number of hydrogen-bond donors (Lipinski definition) is 1. The van der Waals surface area contributed by atoms with Crippen LogP contribution in [0.15, 0.2) is 24.3 Å². The van der Waals surface area contributed by atoms with Crippen molar-refractivity contribution in [3.63, 3.8) is 0 Å². The molecule has 1 aliphatic carbocycles. The van der Waals surface area contributed by atoms with Gasteiger partial charge < -0.3 is 5.11 Å². The summed E-state index contributed by atoms with van der Waals surface area (Å²) in [6.45, 7) is 4.43. The Balaban J connectivity index is 2.31. The van der Waals surface area contributed by atoms with Crippen LogP contribution in [0.25, 0.3) is 0 Å². The summed E-state index contributed by atoms with van der Waals surface area (Å²) < 4.78 is 0. The molecule has 1 aliphatic rings. The molecule has 2 rings (SSSR count). The molecule has 0 fully saturated rings. The summed E-state index contributed by atoms with van der Waals surface area (Å²) in [5.74, 6) is 0.630. The van der Waals surface area contributed by atoms with Gasteiger partial charge in [-0.1, -0.05) is 38.1 Å². The first-order valence-electron chi connectivity index (χ1n) is 5.90. The van der Waals surface area contributed by atoms with E-state index < -0.39 is 5.97 Å². The summed E-state index contributed by atoms with van der Waals surface area (Å²) in [6.07, 6.45) is 1.25. The summed E-state index contributed by atoms with van der Waals surface area (Å²) in [4.78, 5) is 10.8. The van der Waals surface area contributed by atoms with E-state index in [1.54, 1.807) is 0 Å². The van der Waals surface area contributed by atoms with Crippen LogP contribution in [0, 0.1) is 5.92 Å². The molecule has 0 heterocycles. The van der Waals surface area contributed by atoms with Crippen LogP contribution in [0.4, 0.5) is 0 Å². The highest BCUT2D eigenvalue weighted by atomic mass is 16.4. The van der Waals surface area contributed by atoms with Gasteiger partial charge in [0.15, 0.2) is 0 Å². The van der Waals surface area contributed by atoms with Crippen molar-refractivity contribution in [2.75, 3.05) is 0 Å². The van der Waals surface area contributed by atoms with Gasteiger partial charge >= 0.3 is 5.97 Å². The van der Waals surface area contributed by atoms with E-state index >= 15 is 0 Å². The maximum Gasteiger partial charge on any atom is 0.303 e. The van der Waals surface area contributed by atoms with Gasteiger partial charge in [-0.05, 0) is 35.3 Å². The van der Waals surface area contributed by atoms with E-state index in [2.05, 4.69) is 32.0 Å². The van der Waals surface area contributed by atoms with Gasteiger partial charge in [0.25, 0.3) is 0 Å². The predicted molar refractivity (Wildman–Crippen MR) is 63.6 cm³/mol. The summed E-state index contributed by atoms with van der Waals surface area (Å²) in [5, 5.41) is 8.92. The zero-order valence-electron chi connectivity index (χ0n) is 9.81. The summed E-state index contributed by atoms with van der Waals surface area (Å²) in [5.41, 5.74) is 2.62. The van der Waals surface area contributed by atoms with E-state index in [1.165, 1.54) is 11.1 Å². The highest BCUT2D eigenvalue weighted by molar-refractivity contribution is 5.68. The molecule has 2 nitrogen and oxygen atoms in total. The number of fused-ring (bicyclic) bond motifs is 1. The largest absolute Gasteiger partial charge is 0.481 e. The summed E-state index contributed by atoms with van der Waals surface area (Å²) in [7, 11) is 0. The molecule has 1 aromatic carbocycles. The van der Waals surface area contributed by atoms with E-state index in [-0.39, 0.29) is 12.3 Å². The number of hydrogen-bond acceptors (Lipinski definition) is 1. The Bertz CT molecular complexity index is 395. The lowest BCUT2D eigenvalue weighted by atomic mass is 9.89. The smallest absolute Gasteiger partial charge is 0.303 e. The zero-order valence-corrected chi connectivity index (χ0v) is 9.81. The van der Waals surface area contributed by atoms with Gasteiger partial charge in [0, 0.05) is 0 Å². The van der Waals surface area contributed by atoms with Crippen LogP contribution in [0.2, 0.25) is 0 Å². The average Bonchev–Trinajstić information content (AvgIpc) is 2.57. The van der Waals surface area contributed by atoms with Crippen molar-refractivity contribution in [3.05, 3.63) is 35.4 Å². The number of rotatable bonds is 3. The third kappa shape index (κ3) is 1.97. The summed E-state index contributed by atoms with van der Waals surface area (Å²) in [6, 6.07) is 8.31. The van der Waals surface area contributed by atoms with Crippen LogP contribution >= 0.6 is 0 Å². The number of carbonyl (C=O) groups is 1. The minimum absolute atomic E-state index is 0.209. The minimum atomic E-state index is -0.691. The van der Waals surface area contributed by atoms with Crippen LogP contribution in [0.5, 0.6) is 0 Å². The SMILES string of the molecule is CC(C)C1CC(CC(=O)O)c2ccccc21. The number of aliphatic carboxylic acids is 1. The van der Waals surface area contributed by atoms with Crippen LogP contribution in [-0.2, 0) is 4.79 Å². The van der Waals surface area contributed by atoms with Crippen LogP contribution in [0.3, 0.4) is 0 Å². The van der Waals surface area contributed by atoms with Gasteiger partial charge in [0.1, 0.15) is 0 Å². The normalized spacial score (nSPS) is 23.4. The Morgan fingerprint density at radius 3 is 2.56 bits per heavy atom. The molecule has 1 N–H and O–H groups in total. The second-order valence-corrected chi connectivity index (χ2v) is 5.01. The molecule has 2 unspecified atom stereocenters. The highest BCUT2D eigenvalue weighted by Gasteiger charge is 2.33. The first-order chi connectivity index (χ1) is 7.59. The molecule has 0 aliphatic heterocycles. The van der Waals surface area contributed by atoms with Crippen molar-refractivity contribution in [1.82, 2.24) is 0 Å². The maximum absolute atomic E-state index is 10.8. The molecule has 0 bridgehead atoms. The Labute approximate surface area is 96.3 Å². The lowest BCUT2D eigenvalue weighted by Gasteiger charge is -2.15. The van der Waals surface area contributed by atoms with Crippen molar-refractivity contribution in [3.8, 4) is 0 Å². The lowest BCUT2D eigenvalue weighted by molar-refractivity contribution is -0.137. The van der Waals surface area contributed by atoms with Gasteiger partial charge in [0.05, 0.1) is 6.42 Å². The lowest BCUT2D eigenvalue weighted by Crippen LogP contribution is -2.05. The first-order valence-corrected chi connectivity index (χ1v) is 5.90. The van der Waals surface area contributed by atoms with Crippen molar-refractivity contribution >= 4 is 5.97 Å². The molecular formula is C14H18O2. The standard InChI is InChI=1S/C14H18O2/c1-9(2)13-7-10(8-14(15)16)11-5-3-4-6-12(11)13/h3-6,9-10,13H,7-8H2,1-2H3,(H,15,16). The first kappa shape index (κ1) is 11.2. The van der Waals surface area contributed by atoms with Crippen LogP contribution in [-0.4, -0.2) is 11.1 Å². The Morgan fingerprint density at radius 2 is 2.00 bits per heavy atom. The fraction of sp³-hybridized carbons (Fsp3) is 0.500. The fourth-order valence-electron chi connectivity index (χ4n) is 2.82. The molecular weight excluding hydrogens is 200 g/mol. The second-order valence-electron chi connectivity index (χ2n) is 5.01. The van der Waals surface area contributed by atoms with Gasteiger partial charge in [-0.15, -0.1) is 0 Å².